The van der Waals surface area contributed by atoms with Crippen LogP contribution in [0.3, 0.4) is 0 Å². The molecule has 0 bridgehead atoms. The minimum Gasteiger partial charge on any atom is -0.380 e. The molecule has 0 aromatic carbocycles. The lowest BCUT2D eigenvalue weighted by Crippen LogP contribution is -2.51. The molecule has 0 radical (unpaired) electrons. The molecule has 2 rings (SSSR count). The fourth-order valence-electron chi connectivity index (χ4n) is 2.24. The normalized spacial score (nSPS) is 23.9. The van der Waals surface area contributed by atoms with Gasteiger partial charge in [-0.25, -0.2) is 13.1 Å². The Labute approximate surface area is 124 Å². The molecule has 0 spiro atoms. The average molecular weight is 318 g/mol. The maximum atomic E-state index is 12.4. The number of nitrogens with one attached hydrogen (secondary N) is 2. The van der Waals surface area contributed by atoms with Gasteiger partial charge in [0.1, 0.15) is 0 Å². The highest BCUT2D eigenvalue weighted by Gasteiger charge is 2.33. The summed E-state index contributed by atoms with van der Waals surface area (Å²) in [5, 5.41) is 4.89. The molecule has 2 heterocycles. The highest BCUT2D eigenvalue weighted by atomic mass is 32.2. The Kier molecular flexibility index (Phi) is 5.19. The number of ether oxygens (including phenoxy) is 1. The standard InChI is InChI=1S/C13H22N2O3S2/c1-3-14-8-11-7-12(9-19-11)20(16,17)15-13(2)5-4-6-18-10-13/h7,9,14-15H,3-6,8,10H2,1-2H3. The molecule has 0 amide bonds. The van der Waals surface area contributed by atoms with E-state index < -0.39 is 15.6 Å². The lowest BCUT2D eigenvalue weighted by Gasteiger charge is -2.33. The summed E-state index contributed by atoms with van der Waals surface area (Å²) in [7, 11) is -3.47. The Morgan fingerprint density at radius 3 is 2.95 bits per heavy atom. The second-order valence-corrected chi connectivity index (χ2v) is 8.03. The van der Waals surface area contributed by atoms with Crippen LogP contribution in [0.1, 0.15) is 31.6 Å². The van der Waals surface area contributed by atoms with Crippen molar-refractivity contribution in [1.29, 1.82) is 0 Å². The van der Waals surface area contributed by atoms with Gasteiger partial charge in [-0.3, -0.25) is 0 Å². The van der Waals surface area contributed by atoms with E-state index in [4.69, 9.17) is 4.74 Å². The van der Waals surface area contributed by atoms with Crippen LogP contribution in [-0.2, 0) is 21.3 Å². The molecule has 1 aromatic rings. The summed E-state index contributed by atoms with van der Waals surface area (Å²) in [6.07, 6.45) is 1.69. The molecule has 5 nitrogen and oxygen atoms in total. The molecule has 1 fully saturated rings. The summed E-state index contributed by atoms with van der Waals surface area (Å²) in [6.45, 7) is 6.64. The summed E-state index contributed by atoms with van der Waals surface area (Å²) < 4.78 is 33.0. The molecule has 2 N–H and O–H groups in total. The predicted octanol–water partition coefficient (Wildman–Crippen LogP) is 1.70. The molecule has 1 saturated heterocycles. The Balaban J connectivity index is 2.07. The molecule has 1 atom stereocenters. The quantitative estimate of drug-likeness (QED) is 0.838. The van der Waals surface area contributed by atoms with E-state index in [0.29, 0.717) is 24.7 Å². The van der Waals surface area contributed by atoms with E-state index in [1.54, 1.807) is 11.4 Å². The monoisotopic (exact) mass is 318 g/mol. The maximum Gasteiger partial charge on any atom is 0.241 e. The third kappa shape index (κ3) is 4.02. The zero-order valence-electron chi connectivity index (χ0n) is 11.9. The van der Waals surface area contributed by atoms with Crippen LogP contribution in [0.25, 0.3) is 0 Å². The molecular formula is C13H22N2O3S2. The summed E-state index contributed by atoms with van der Waals surface area (Å²) >= 11 is 1.46. The molecule has 1 aliphatic heterocycles. The van der Waals surface area contributed by atoms with E-state index in [1.807, 2.05) is 13.8 Å². The van der Waals surface area contributed by atoms with Gasteiger partial charge in [-0.05, 0) is 32.4 Å². The third-order valence-corrected chi connectivity index (χ3v) is 6.01. The number of thiophene rings is 1. The van der Waals surface area contributed by atoms with E-state index in [2.05, 4.69) is 10.0 Å². The summed E-state index contributed by atoms with van der Waals surface area (Å²) in [4.78, 5) is 1.37. The minimum absolute atomic E-state index is 0.349. The smallest absolute Gasteiger partial charge is 0.241 e. The van der Waals surface area contributed by atoms with Crippen molar-refractivity contribution in [2.75, 3.05) is 19.8 Å². The lowest BCUT2D eigenvalue weighted by molar-refractivity contribution is 0.0386. The highest BCUT2D eigenvalue weighted by molar-refractivity contribution is 7.89. The van der Waals surface area contributed by atoms with Gasteiger partial charge in [0.15, 0.2) is 0 Å². The number of hydrogen-bond acceptors (Lipinski definition) is 5. The van der Waals surface area contributed by atoms with E-state index in [-0.39, 0.29) is 0 Å². The fraction of sp³-hybridized carbons (Fsp3) is 0.692. The van der Waals surface area contributed by atoms with Gasteiger partial charge in [-0.15, -0.1) is 11.3 Å². The van der Waals surface area contributed by atoms with E-state index in [1.165, 1.54) is 11.3 Å². The fourth-order valence-corrected chi connectivity index (χ4v) is 4.91. The van der Waals surface area contributed by atoms with Gasteiger partial charge in [0.05, 0.1) is 17.0 Å². The Hall–Kier alpha value is -0.470. The van der Waals surface area contributed by atoms with Gasteiger partial charge in [0.2, 0.25) is 10.0 Å². The number of rotatable bonds is 6. The average Bonchev–Trinajstić information content (AvgIpc) is 2.85. The second-order valence-electron chi connectivity index (χ2n) is 5.35. The van der Waals surface area contributed by atoms with Crippen molar-refractivity contribution >= 4 is 21.4 Å². The van der Waals surface area contributed by atoms with Gasteiger partial charge < -0.3 is 10.1 Å². The molecular weight excluding hydrogens is 296 g/mol. The first-order chi connectivity index (χ1) is 9.45. The number of sulfonamides is 1. The topological polar surface area (TPSA) is 67.4 Å². The molecule has 1 aliphatic rings. The van der Waals surface area contributed by atoms with Crippen molar-refractivity contribution in [2.45, 2.75) is 43.7 Å². The van der Waals surface area contributed by atoms with E-state index in [9.17, 15) is 8.42 Å². The third-order valence-electron chi connectivity index (χ3n) is 3.31. The Bertz CT molecular complexity index is 534. The first-order valence-corrected chi connectivity index (χ1v) is 9.21. The molecule has 0 saturated carbocycles. The SMILES string of the molecule is CCNCc1cc(S(=O)(=O)NC2(C)CCCOC2)cs1. The second kappa shape index (κ2) is 6.53. The zero-order chi connectivity index (χ0) is 14.6. The first kappa shape index (κ1) is 15.9. The van der Waals surface area contributed by atoms with Gasteiger partial charge in [-0.1, -0.05) is 6.92 Å². The van der Waals surface area contributed by atoms with Crippen LogP contribution >= 0.6 is 11.3 Å². The van der Waals surface area contributed by atoms with Gasteiger partial charge >= 0.3 is 0 Å². The largest absolute Gasteiger partial charge is 0.380 e. The first-order valence-electron chi connectivity index (χ1n) is 6.85. The summed E-state index contributed by atoms with van der Waals surface area (Å²) in [5.41, 5.74) is -0.499. The maximum absolute atomic E-state index is 12.4. The van der Waals surface area contributed by atoms with Crippen molar-refractivity contribution < 1.29 is 13.2 Å². The zero-order valence-corrected chi connectivity index (χ0v) is 13.6. The van der Waals surface area contributed by atoms with E-state index in [0.717, 1.165) is 24.3 Å². The number of hydrogen-bond donors (Lipinski definition) is 2. The van der Waals surface area contributed by atoms with Gasteiger partial charge in [0, 0.05) is 23.4 Å². The summed E-state index contributed by atoms with van der Waals surface area (Å²) in [5.74, 6) is 0. The van der Waals surface area contributed by atoms with Crippen LogP contribution in [0.5, 0.6) is 0 Å². The molecule has 1 aromatic heterocycles. The van der Waals surface area contributed by atoms with Crippen LogP contribution in [0.4, 0.5) is 0 Å². The van der Waals surface area contributed by atoms with E-state index >= 15 is 0 Å². The molecule has 20 heavy (non-hydrogen) atoms. The van der Waals surface area contributed by atoms with Crippen molar-refractivity contribution in [3.8, 4) is 0 Å². The Morgan fingerprint density at radius 2 is 2.30 bits per heavy atom. The van der Waals surface area contributed by atoms with Crippen molar-refractivity contribution in [1.82, 2.24) is 10.0 Å². The highest BCUT2D eigenvalue weighted by Crippen LogP contribution is 2.24. The lowest BCUT2D eigenvalue weighted by atomic mass is 9.97. The molecule has 1 unspecified atom stereocenters. The molecule has 114 valence electrons. The Morgan fingerprint density at radius 1 is 1.50 bits per heavy atom. The minimum atomic E-state index is -3.47. The molecule has 7 heteroatoms. The van der Waals surface area contributed by atoms with Crippen molar-refractivity contribution in [3.63, 3.8) is 0 Å². The van der Waals surface area contributed by atoms with Crippen molar-refractivity contribution in [3.05, 3.63) is 16.3 Å². The van der Waals surface area contributed by atoms with Gasteiger partial charge in [-0.2, -0.15) is 0 Å². The van der Waals surface area contributed by atoms with Crippen LogP contribution in [0.15, 0.2) is 16.3 Å². The van der Waals surface area contributed by atoms with Crippen LogP contribution in [-0.4, -0.2) is 33.7 Å². The van der Waals surface area contributed by atoms with Crippen LogP contribution in [0.2, 0.25) is 0 Å². The van der Waals surface area contributed by atoms with Crippen LogP contribution < -0.4 is 10.0 Å². The van der Waals surface area contributed by atoms with Gasteiger partial charge in [0.25, 0.3) is 0 Å². The predicted molar refractivity (Wildman–Crippen MR) is 80.5 cm³/mol. The van der Waals surface area contributed by atoms with Crippen molar-refractivity contribution in [2.24, 2.45) is 0 Å². The molecule has 0 aliphatic carbocycles. The summed E-state index contributed by atoms with van der Waals surface area (Å²) in [6, 6.07) is 1.74. The van der Waals surface area contributed by atoms with Crippen LogP contribution in [0, 0.1) is 0 Å².